The average molecular weight is 511 g/mol. The van der Waals surface area contributed by atoms with Gasteiger partial charge in [0, 0.05) is 32.9 Å². The van der Waals surface area contributed by atoms with E-state index in [0.717, 1.165) is 31.0 Å². The van der Waals surface area contributed by atoms with Gasteiger partial charge in [0.05, 0.1) is 14.2 Å². The highest BCUT2D eigenvalue weighted by atomic mass is 35.5. The third-order valence-electron chi connectivity index (χ3n) is 6.19. The predicted molar refractivity (Wildman–Crippen MR) is 149 cm³/mol. The number of methoxy groups -OCH3 is 2. The van der Waals surface area contributed by atoms with Crippen molar-refractivity contribution in [3.8, 4) is 11.5 Å². The summed E-state index contributed by atoms with van der Waals surface area (Å²) in [5.41, 5.74) is 3.93. The molecular formula is C26H39ClN2O2S2. The highest BCUT2D eigenvalue weighted by Crippen LogP contribution is 2.45. The van der Waals surface area contributed by atoms with Crippen LogP contribution in [0.2, 0.25) is 0 Å². The largest absolute Gasteiger partial charge is 0.493 e. The number of nitrogens with zero attached hydrogens (tertiary/aromatic N) is 2. The molecule has 0 N–H and O–H groups in total. The molecule has 0 spiro atoms. The van der Waals surface area contributed by atoms with Crippen LogP contribution in [0.3, 0.4) is 0 Å². The molecule has 1 unspecified atom stereocenters. The predicted octanol–water partition coefficient (Wildman–Crippen LogP) is 6.38. The van der Waals surface area contributed by atoms with Crippen molar-refractivity contribution in [2.24, 2.45) is 0 Å². The molecule has 0 radical (unpaired) electrons. The Kier molecular flexibility index (Phi) is 11.1. The standard InChI is InChI=1S/C26H38N2O2S2.ClH/c1-20(22-9-11-23(12-10-22)27(3)4)19-28(26(2)31-16-7-17-32-26)15-14-21-8-13-24(29-5)25(18-21)30-6;/h8-13,18,20H,7,14-17,19H2,1-6H3;1H. The average Bonchev–Trinajstić information content (AvgIpc) is 2.81. The fourth-order valence-electron chi connectivity index (χ4n) is 4.10. The summed E-state index contributed by atoms with van der Waals surface area (Å²) in [5, 5.41) is 0. The molecule has 0 aliphatic carbocycles. The molecule has 2 aromatic carbocycles. The molecule has 1 heterocycles. The smallest absolute Gasteiger partial charge is 0.160 e. The Morgan fingerprint density at radius 1 is 0.970 bits per heavy atom. The molecule has 3 rings (SSSR count). The van der Waals surface area contributed by atoms with Crippen molar-refractivity contribution in [2.45, 2.75) is 36.8 Å². The molecule has 7 heteroatoms. The van der Waals surface area contributed by atoms with E-state index in [-0.39, 0.29) is 16.6 Å². The Morgan fingerprint density at radius 3 is 2.18 bits per heavy atom. The first-order valence-corrected chi connectivity index (χ1v) is 13.3. The third-order valence-corrected chi connectivity index (χ3v) is 9.47. The summed E-state index contributed by atoms with van der Waals surface area (Å²) < 4.78 is 11.0. The highest BCUT2D eigenvalue weighted by molar-refractivity contribution is 8.18. The Morgan fingerprint density at radius 2 is 1.61 bits per heavy atom. The minimum Gasteiger partial charge on any atom is -0.493 e. The highest BCUT2D eigenvalue weighted by Gasteiger charge is 2.35. The molecule has 1 saturated heterocycles. The summed E-state index contributed by atoms with van der Waals surface area (Å²) in [6.45, 7) is 6.84. The van der Waals surface area contributed by atoms with Crippen LogP contribution < -0.4 is 14.4 Å². The van der Waals surface area contributed by atoms with Gasteiger partial charge in [-0.3, -0.25) is 4.90 Å². The van der Waals surface area contributed by atoms with Crippen LogP contribution in [-0.4, -0.2) is 62.0 Å². The number of anilines is 1. The van der Waals surface area contributed by atoms with E-state index >= 15 is 0 Å². The van der Waals surface area contributed by atoms with Gasteiger partial charge in [-0.15, -0.1) is 35.9 Å². The van der Waals surface area contributed by atoms with Crippen molar-refractivity contribution in [3.05, 3.63) is 53.6 Å². The zero-order valence-corrected chi connectivity index (χ0v) is 23.2. The Bertz CT molecular complexity index is 858. The summed E-state index contributed by atoms with van der Waals surface area (Å²) in [7, 11) is 7.57. The van der Waals surface area contributed by atoms with E-state index in [4.69, 9.17) is 9.47 Å². The van der Waals surface area contributed by atoms with Crippen LogP contribution >= 0.6 is 35.9 Å². The van der Waals surface area contributed by atoms with Crippen LogP contribution in [0, 0.1) is 0 Å². The Labute approximate surface area is 215 Å². The maximum atomic E-state index is 5.52. The van der Waals surface area contributed by atoms with Crippen molar-refractivity contribution < 1.29 is 9.47 Å². The second kappa shape index (κ2) is 13.0. The summed E-state index contributed by atoms with van der Waals surface area (Å²) in [6, 6.07) is 15.3. The number of hydrogen-bond donors (Lipinski definition) is 0. The van der Waals surface area contributed by atoms with E-state index in [2.05, 4.69) is 97.7 Å². The molecule has 0 aromatic heterocycles. The molecular weight excluding hydrogens is 472 g/mol. The zero-order valence-electron chi connectivity index (χ0n) is 20.8. The number of halogens is 1. The van der Waals surface area contributed by atoms with Gasteiger partial charge in [0.2, 0.25) is 0 Å². The third kappa shape index (κ3) is 7.38. The zero-order chi connectivity index (χ0) is 23.1. The van der Waals surface area contributed by atoms with Crippen molar-refractivity contribution in [2.75, 3.05) is 57.8 Å². The Balaban J connectivity index is 0.00000385. The van der Waals surface area contributed by atoms with Crippen molar-refractivity contribution in [3.63, 3.8) is 0 Å². The number of hydrogen-bond acceptors (Lipinski definition) is 6. The minimum atomic E-state index is 0. The number of ether oxygens (including phenoxy) is 2. The number of rotatable bonds is 10. The topological polar surface area (TPSA) is 24.9 Å². The van der Waals surface area contributed by atoms with E-state index in [1.807, 2.05) is 6.07 Å². The van der Waals surface area contributed by atoms with Crippen LogP contribution in [0.4, 0.5) is 5.69 Å². The minimum absolute atomic E-state index is 0. The summed E-state index contributed by atoms with van der Waals surface area (Å²) in [5.74, 6) is 4.54. The van der Waals surface area contributed by atoms with Crippen molar-refractivity contribution in [1.82, 2.24) is 4.90 Å². The van der Waals surface area contributed by atoms with Gasteiger partial charge >= 0.3 is 0 Å². The molecule has 1 fully saturated rings. The molecule has 0 saturated carbocycles. The molecule has 4 nitrogen and oxygen atoms in total. The maximum Gasteiger partial charge on any atom is 0.160 e. The molecule has 33 heavy (non-hydrogen) atoms. The van der Waals surface area contributed by atoms with Gasteiger partial charge in [0.1, 0.15) is 4.20 Å². The molecule has 2 aromatic rings. The monoisotopic (exact) mass is 510 g/mol. The van der Waals surface area contributed by atoms with Gasteiger partial charge in [-0.2, -0.15) is 0 Å². The first-order valence-electron chi connectivity index (χ1n) is 11.4. The van der Waals surface area contributed by atoms with Gasteiger partial charge in [-0.05, 0) is 72.6 Å². The molecule has 184 valence electrons. The summed E-state index contributed by atoms with van der Waals surface area (Å²) in [4.78, 5) is 4.85. The van der Waals surface area contributed by atoms with Crippen LogP contribution in [0.5, 0.6) is 11.5 Å². The molecule has 0 amide bonds. The van der Waals surface area contributed by atoms with E-state index < -0.39 is 0 Å². The first kappa shape index (κ1) is 28.0. The fraction of sp³-hybridized carbons (Fsp3) is 0.538. The number of benzene rings is 2. The maximum absolute atomic E-state index is 5.52. The van der Waals surface area contributed by atoms with Gasteiger partial charge < -0.3 is 14.4 Å². The van der Waals surface area contributed by atoms with E-state index in [1.165, 1.54) is 34.7 Å². The molecule has 1 aliphatic rings. The fourth-order valence-corrected chi connectivity index (χ4v) is 7.15. The van der Waals surface area contributed by atoms with Gasteiger partial charge in [-0.1, -0.05) is 25.1 Å². The van der Waals surface area contributed by atoms with Gasteiger partial charge in [-0.25, -0.2) is 0 Å². The lowest BCUT2D eigenvalue weighted by atomic mass is 9.99. The van der Waals surface area contributed by atoms with E-state index in [1.54, 1.807) is 14.2 Å². The van der Waals surface area contributed by atoms with Crippen LogP contribution in [0.15, 0.2) is 42.5 Å². The summed E-state index contributed by atoms with van der Waals surface area (Å²) in [6.07, 6.45) is 2.29. The van der Waals surface area contributed by atoms with Crippen LogP contribution in [0.1, 0.15) is 37.3 Å². The lowest BCUT2D eigenvalue weighted by molar-refractivity contribution is 0.236. The van der Waals surface area contributed by atoms with E-state index in [9.17, 15) is 0 Å². The van der Waals surface area contributed by atoms with Crippen molar-refractivity contribution >= 4 is 41.6 Å². The van der Waals surface area contributed by atoms with E-state index in [0.29, 0.717) is 5.92 Å². The van der Waals surface area contributed by atoms with Gasteiger partial charge in [0.15, 0.2) is 11.5 Å². The lowest BCUT2D eigenvalue weighted by Gasteiger charge is -2.44. The van der Waals surface area contributed by atoms with Gasteiger partial charge in [0.25, 0.3) is 0 Å². The summed E-state index contributed by atoms with van der Waals surface area (Å²) >= 11 is 4.21. The molecule has 1 aliphatic heterocycles. The van der Waals surface area contributed by atoms with Crippen molar-refractivity contribution in [1.29, 1.82) is 0 Å². The lowest BCUT2D eigenvalue weighted by Crippen LogP contribution is -2.46. The first-order chi connectivity index (χ1) is 15.4. The number of thioether (sulfide) groups is 2. The molecule has 0 bridgehead atoms. The Hall–Kier alpha value is -1.21. The van der Waals surface area contributed by atoms with Crippen LogP contribution in [0.25, 0.3) is 0 Å². The normalized spacial score (nSPS) is 16.1. The van der Waals surface area contributed by atoms with Crippen LogP contribution in [-0.2, 0) is 6.42 Å². The SMILES string of the molecule is COc1ccc(CCN(CC(C)c2ccc(N(C)C)cc2)C2(C)SCCCS2)cc1OC.Cl. The molecule has 1 atom stereocenters. The second-order valence-electron chi connectivity index (χ2n) is 8.72. The quantitative estimate of drug-likeness (QED) is 0.367. The second-order valence-corrected chi connectivity index (χ2v) is 12.0.